The van der Waals surface area contributed by atoms with Crippen molar-refractivity contribution < 1.29 is 5.11 Å². The summed E-state index contributed by atoms with van der Waals surface area (Å²) >= 11 is 1.79. The van der Waals surface area contributed by atoms with Gasteiger partial charge in [0.1, 0.15) is 0 Å². The van der Waals surface area contributed by atoms with Crippen LogP contribution in [-0.4, -0.2) is 34.7 Å². The molecule has 4 heteroatoms. The molecule has 0 amide bonds. The van der Waals surface area contributed by atoms with Gasteiger partial charge in [-0.25, -0.2) is 4.98 Å². The lowest BCUT2D eigenvalue weighted by atomic mass is 10.0. The molecule has 0 aromatic carbocycles. The largest absolute Gasteiger partial charge is 0.396 e. The van der Waals surface area contributed by atoms with Crippen molar-refractivity contribution in [3.8, 4) is 0 Å². The quantitative estimate of drug-likeness (QED) is 0.817. The van der Waals surface area contributed by atoms with Gasteiger partial charge in [0.05, 0.1) is 10.7 Å². The first-order chi connectivity index (χ1) is 6.69. The molecule has 3 nitrogen and oxygen atoms in total. The van der Waals surface area contributed by atoms with Gasteiger partial charge in [-0.1, -0.05) is 0 Å². The smallest absolute Gasteiger partial charge is 0.0900 e. The Hall–Kier alpha value is -0.450. The summed E-state index contributed by atoms with van der Waals surface area (Å²) in [6, 6.07) is 0. The molecule has 78 valence electrons. The molecule has 0 spiro atoms. The molecule has 1 aromatic rings. The zero-order valence-corrected chi connectivity index (χ0v) is 9.47. The third-order valence-electron chi connectivity index (χ3n) is 2.66. The minimum atomic E-state index is 0.331. The van der Waals surface area contributed by atoms with Gasteiger partial charge in [-0.2, -0.15) is 0 Å². The summed E-state index contributed by atoms with van der Waals surface area (Å²) < 4.78 is 0. The maximum atomic E-state index is 8.89. The first-order valence-corrected chi connectivity index (χ1v) is 5.77. The number of thiazole rings is 1. The number of hydrogen-bond donors (Lipinski definition) is 1. The van der Waals surface area contributed by atoms with Gasteiger partial charge in [-0.3, -0.25) is 4.90 Å². The molecule has 1 fully saturated rings. The van der Waals surface area contributed by atoms with E-state index in [0.29, 0.717) is 12.5 Å². The fourth-order valence-electron chi connectivity index (χ4n) is 1.84. The molecule has 0 bridgehead atoms. The Morgan fingerprint density at radius 3 is 2.71 bits per heavy atom. The van der Waals surface area contributed by atoms with Crippen LogP contribution in [0.15, 0.2) is 0 Å². The molecule has 0 saturated carbocycles. The summed E-state index contributed by atoms with van der Waals surface area (Å²) in [7, 11) is 0. The normalized spacial score (nSPS) is 18.5. The molecule has 1 aliphatic rings. The van der Waals surface area contributed by atoms with Gasteiger partial charge in [-0.05, 0) is 13.8 Å². The summed E-state index contributed by atoms with van der Waals surface area (Å²) in [5.41, 5.74) is 1.17. The second kappa shape index (κ2) is 3.96. The minimum absolute atomic E-state index is 0.331. The maximum Gasteiger partial charge on any atom is 0.0900 e. The summed E-state index contributed by atoms with van der Waals surface area (Å²) in [6.45, 7) is 7.53. The lowest BCUT2D eigenvalue weighted by Crippen LogP contribution is -2.47. The Labute approximate surface area is 88.4 Å². The zero-order chi connectivity index (χ0) is 10.1. The molecular weight excluding hydrogens is 196 g/mol. The van der Waals surface area contributed by atoms with E-state index in [2.05, 4.69) is 16.8 Å². The van der Waals surface area contributed by atoms with E-state index in [4.69, 9.17) is 5.11 Å². The van der Waals surface area contributed by atoms with Crippen molar-refractivity contribution >= 4 is 11.3 Å². The van der Waals surface area contributed by atoms with E-state index in [-0.39, 0.29) is 0 Å². The fraction of sp³-hybridized carbons (Fsp3) is 0.700. The summed E-state index contributed by atoms with van der Waals surface area (Å²) in [4.78, 5) is 8.14. The van der Waals surface area contributed by atoms with E-state index in [1.54, 1.807) is 11.3 Å². The SMILES string of the molecule is Cc1nc(C)c(CN2CC(CO)C2)s1. The van der Waals surface area contributed by atoms with Gasteiger partial charge in [0, 0.05) is 37.0 Å². The van der Waals surface area contributed by atoms with Gasteiger partial charge < -0.3 is 5.11 Å². The number of aromatic nitrogens is 1. The molecule has 1 saturated heterocycles. The Bertz CT molecular complexity index is 318. The Morgan fingerprint density at radius 1 is 1.50 bits per heavy atom. The summed E-state index contributed by atoms with van der Waals surface area (Å²) in [5.74, 6) is 0.504. The molecule has 14 heavy (non-hydrogen) atoms. The molecular formula is C10H16N2OS. The van der Waals surface area contributed by atoms with Gasteiger partial charge >= 0.3 is 0 Å². The van der Waals surface area contributed by atoms with Crippen LogP contribution in [0, 0.1) is 19.8 Å². The highest BCUT2D eigenvalue weighted by molar-refractivity contribution is 7.11. The number of aryl methyl sites for hydroxylation is 2. The van der Waals surface area contributed by atoms with Crippen LogP contribution >= 0.6 is 11.3 Å². The first kappa shape index (κ1) is 10.1. The lowest BCUT2D eigenvalue weighted by Gasteiger charge is -2.37. The summed E-state index contributed by atoms with van der Waals surface area (Å²) in [6.07, 6.45) is 0. The van der Waals surface area contributed by atoms with Gasteiger partial charge in [0.2, 0.25) is 0 Å². The van der Waals surface area contributed by atoms with Crippen molar-refractivity contribution in [1.29, 1.82) is 0 Å². The van der Waals surface area contributed by atoms with E-state index in [9.17, 15) is 0 Å². The van der Waals surface area contributed by atoms with Crippen molar-refractivity contribution in [2.24, 2.45) is 5.92 Å². The topological polar surface area (TPSA) is 36.4 Å². The minimum Gasteiger partial charge on any atom is -0.396 e. The molecule has 1 N–H and O–H groups in total. The zero-order valence-electron chi connectivity index (χ0n) is 8.66. The van der Waals surface area contributed by atoms with E-state index in [1.807, 2.05) is 6.92 Å². The number of aliphatic hydroxyl groups is 1. The lowest BCUT2D eigenvalue weighted by molar-refractivity contribution is 0.0485. The number of hydrogen-bond acceptors (Lipinski definition) is 4. The van der Waals surface area contributed by atoms with Crippen LogP contribution in [0.2, 0.25) is 0 Å². The number of likely N-dealkylation sites (tertiary alicyclic amines) is 1. The third kappa shape index (κ3) is 1.97. The van der Waals surface area contributed by atoms with Crippen LogP contribution in [-0.2, 0) is 6.54 Å². The highest BCUT2D eigenvalue weighted by atomic mass is 32.1. The van der Waals surface area contributed by atoms with Gasteiger partial charge in [0.15, 0.2) is 0 Å². The van der Waals surface area contributed by atoms with Crippen LogP contribution in [0.25, 0.3) is 0 Å². The van der Waals surface area contributed by atoms with Crippen molar-refractivity contribution in [2.75, 3.05) is 19.7 Å². The van der Waals surface area contributed by atoms with Crippen LogP contribution in [0.4, 0.5) is 0 Å². The average Bonchev–Trinajstić information content (AvgIpc) is 2.37. The summed E-state index contributed by atoms with van der Waals surface area (Å²) in [5, 5.41) is 10.0. The third-order valence-corrected chi connectivity index (χ3v) is 3.72. The Morgan fingerprint density at radius 2 is 2.21 bits per heavy atom. The van der Waals surface area contributed by atoms with Crippen molar-refractivity contribution in [1.82, 2.24) is 9.88 Å². The van der Waals surface area contributed by atoms with E-state index >= 15 is 0 Å². The Balaban J connectivity index is 1.90. The van der Waals surface area contributed by atoms with Crippen LogP contribution in [0.1, 0.15) is 15.6 Å². The number of aliphatic hydroxyl groups excluding tert-OH is 1. The predicted molar refractivity (Wildman–Crippen MR) is 57.4 cm³/mol. The fourth-order valence-corrected chi connectivity index (χ4v) is 2.82. The predicted octanol–water partition coefficient (Wildman–Crippen LogP) is 1.18. The van der Waals surface area contributed by atoms with Crippen molar-refractivity contribution in [3.63, 3.8) is 0 Å². The second-order valence-corrected chi connectivity index (χ2v) is 5.27. The molecule has 0 unspecified atom stereocenters. The molecule has 0 atom stereocenters. The van der Waals surface area contributed by atoms with Crippen molar-refractivity contribution in [3.05, 3.63) is 15.6 Å². The van der Waals surface area contributed by atoms with E-state index in [0.717, 1.165) is 24.6 Å². The highest BCUT2D eigenvalue weighted by Crippen LogP contribution is 2.23. The molecule has 0 aliphatic carbocycles. The van der Waals surface area contributed by atoms with Crippen LogP contribution < -0.4 is 0 Å². The number of nitrogens with zero attached hydrogens (tertiary/aromatic N) is 2. The molecule has 0 radical (unpaired) electrons. The molecule has 1 aliphatic heterocycles. The standard InChI is InChI=1S/C10H16N2OS/c1-7-10(14-8(2)11-7)5-12-3-9(4-12)6-13/h9,13H,3-6H2,1-2H3. The second-order valence-electron chi connectivity index (χ2n) is 3.98. The molecule has 2 rings (SSSR count). The van der Waals surface area contributed by atoms with Crippen LogP contribution in [0.5, 0.6) is 0 Å². The van der Waals surface area contributed by atoms with Crippen molar-refractivity contribution in [2.45, 2.75) is 20.4 Å². The van der Waals surface area contributed by atoms with Gasteiger partial charge in [0.25, 0.3) is 0 Å². The van der Waals surface area contributed by atoms with E-state index in [1.165, 1.54) is 10.6 Å². The molecule has 2 heterocycles. The first-order valence-electron chi connectivity index (χ1n) is 4.95. The van der Waals surface area contributed by atoms with Gasteiger partial charge in [-0.15, -0.1) is 11.3 Å². The number of rotatable bonds is 3. The highest BCUT2D eigenvalue weighted by Gasteiger charge is 2.26. The van der Waals surface area contributed by atoms with E-state index < -0.39 is 0 Å². The molecule has 1 aromatic heterocycles. The maximum absolute atomic E-state index is 8.89. The van der Waals surface area contributed by atoms with Crippen LogP contribution in [0.3, 0.4) is 0 Å². The Kier molecular flexibility index (Phi) is 2.85. The monoisotopic (exact) mass is 212 g/mol. The average molecular weight is 212 g/mol.